The predicted octanol–water partition coefficient (Wildman–Crippen LogP) is 2.37. The third-order valence-corrected chi connectivity index (χ3v) is 1.84. The summed E-state index contributed by atoms with van der Waals surface area (Å²) in [7, 11) is 0. The van der Waals surface area contributed by atoms with E-state index in [0.29, 0.717) is 6.42 Å². The van der Waals surface area contributed by atoms with Crippen LogP contribution in [-0.4, -0.2) is 50.6 Å². The first-order valence-electron chi connectivity index (χ1n) is 5.88. The highest BCUT2D eigenvalue weighted by Gasteiger charge is 2.38. The Morgan fingerprint density at radius 1 is 0.920 bits per heavy atom. The van der Waals surface area contributed by atoms with Gasteiger partial charge in [0.25, 0.3) is 0 Å². The van der Waals surface area contributed by atoms with Gasteiger partial charge in [0.1, 0.15) is 0 Å². The number of halogens is 6. The normalized spacial score (nSPS) is 10.5. The van der Waals surface area contributed by atoms with Gasteiger partial charge in [0.15, 0.2) is 0 Å². The minimum atomic E-state index is -5.08. The number of alkyl halides is 6. The summed E-state index contributed by atoms with van der Waals surface area (Å²) in [6, 6.07) is 3.67. The van der Waals surface area contributed by atoms with Crippen molar-refractivity contribution in [2.75, 3.05) is 0 Å². The minimum absolute atomic E-state index is 0.172. The predicted molar refractivity (Wildman–Crippen MR) is 67.6 cm³/mol. The van der Waals surface area contributed by atoms with Crippen molar-refractivity contribution >= 4 is 17.9 Å². The van der Waals surface area contributed by atoms with Crippen molar-refractivity contribution in [3.05, 3.63) is 30.1 Å². The van der Waals surface area contributed by atoms with Crippen molar-refractivity contribution < 1.29 is 56.0 Å². The fraction of sp³-hybridized carbons (Fsp3) is 0.333. The summed E-state index contributed by atoms with van der Waals surface area (Å²) < 4.78 is 63.5. The van der Waals surface area contributed by atoms with E-state index in [9.17, 15) is 31.1 Å². The van der Waals surface area contributed by atoms with E-state index in [4.69, 9.17) is 24.9 Å². The number of hydrogen-bond acceptors (Lipinski definition) is 4. The molecule has 1 aromatic heterocycles. The van der Waals surface area contributed by atoms with E-state index >= 15 is 0 Å². The Hall–Kier alpha value is -2.86. The summed E-state index contributed by atoms with van der Waals surface area (Å²) in [6.07, 6.45) is -6.08. The Balaban J connectivity index is 0. The second-order valence-electron chi connectivity index (χ2n) is 3.86. The third-order valence-electron chi connectivity index (χ3n) is 1.84. The van der Waals surface area contributed by atoms with Crippen molar-refractivity contribution in [3.8, 4) is 0 Å². The molecule has 0 amide bonds. The molecule has 0 radical (unpaired) electrons. The van der Waals surface area contributed by atoms with Crippen LogP contribution in [0.3, 0.4) is 0 Å². The molecule has 142 valence electrons. The lowest BCUT2D eigenvalue weighted by molar-refractivity contribution is -0.193. The Morgan fingerprint density at radius 3 is 1.56 bits per heavy atom. The van der Waals surface area contributed by atoms with Crippen LogP contribution in [0.4, 0.5) is 26.3 Å². The van der Waals surface area contributed by atoms with E-state index in [-0.39, 0.29) is 6.42 Å². The van der Waals surface area contributed by atoms with Gasteiger partial charge in [-0.15, -0.1) is 0 Å². The first-order valence-corrected chi connectivity index (χ1v) is 5.88. The molecular weight excluding hydrogens is 368 g/mol. The zero-order chi connectivity index (χ0) is 20.3. The second-order valence-corrected chi connectivity index (χ2v) is 3.86. The van der Waals surface area contributed by atoms with Gasteiger partial charge in [0.05, 0.1) is 0 Å². The zero-order valence-electron chi connectivity index (χ0n) is 12.0. The maximum atomic E-state index is 10.6. The summed E-state index contributed by atoms with van der Waals surface area (Å²) in [5.74, 6) is -6.28. The SMILES string of the molecule is O=C(O)C(F)(F)F.O=C(O)C(F)(F)F.O=C(O)CCc1cccnc1. The van der Waals surface area contributed by atoms with Crippen LogP contribution in [0.25, 0.3) is 0 Å². The number of carboxylic acid groups (broad SMARTS) is 3. The fourth-order valence-corrected chi connectivity index (χ4v) is 0.797. The molecule has 25 heavy (non-hydrogen) atoms. The lowest BCUT2D eigenvalue weighted by atomic mass is 10.2. The van der Waals surface area contributed by atoms with Gasteiger partial charge < -0.3 is 15.3 Å². The standard InChI is InChI=1S/C8H9NO2.2C2HF3O2/c10-8(11)4-3-7-2-1-5-9-6-7;2*3-2(4,5)1(6)7/h1-2,5-6H,3-4H2,(H,10,11);2*(H,6,7). The Morgan fingerprint density at radius 2 is 1.32 bits per heavy atom. The number of hydrogen-bond donors (Lipinski definition) is 3. The Kier molecular flexibility index (Phi) is 10.6. The molecule has 0 aliphatic rings. The molecule has 3 N–H and O–H groups in total. The highest BCUT2D eigenvalue weighted by atomic mass is 19.4. The van der Waals surface area contributed by atoms with E-state index in [1.165, 1.54) is 0 Å². The van der Waals surface area contributed by atoms with Crippen LogP contribution >= 0.6 is 0 Å². The van der Waals surface area contributed by atoms with Crippen molar-refractivity contribution in [3.63, 3.8) is 0 Å². The molecule has 13 heteroatoms. The number of carbonyl (C=O) groups is 3. The van der Waals surface area contributed by atoms with Gasteiger partial charge in [-0.05, 0) is 18.1 Å². The Labute approximate surface area is 135 Å². The van der Waals surface area contributed by atoms with Gasteiger partial charge in [0.2, 0.25) is 0 Å². The molecule has 0 atom stereocenters. The van der Waals surface area contributed by atoms with Crippen LogP contribution in [0.15, 0.2) is 24.5 Å². The van der Waals surface area contributed by atoms with Gasteiger partial charge in [0, 0.05) is 18.8 Å². The lowest BCUT2D eigenvalue weighted by Crippen LogP contribution is -2.21. The van der Waals surface area contributed by atoms with E-state index < -0.39 is 30.3 Å². The average molecular weight is 379 g/mol. The highest BCUT2D eigenvalue weighted by molar-refractivity contribution is 5.73. The van der Waals surface area contributed by atoms with Crippen LogP contribution in [-0.2, 0) is 20.8 Å². The molecule has 7 nitrogen and oxygen atoms in total. The molecule has 0 saturated heterocycles. The largest absolute Gasteiger partial charge is 0.490 e. The number of carboxylic acids is 3. The van der Waals surface area contributed by atoms with E-state index in [0.717, 1.165) is 5.56 Å². The summed E-state index contributed by atoms with van der Waals surface area (Å²) in [6.45, 7) is 0. The summed E-state index contributed by atoms with van der Waals surface area (Å²) in [4.78, 5) is 31.8. The van der Waals surface area contributed by atoms with E-state index in [1.54, 1.807) is 18.5 Å². The van der Waals surface area contributed by atoms with Gasteiger partial charge in [-0.25, -0.2) is 9.59 Å². The maximum absolute atomic E-state index is 10.6. The number of rotatable bonds is 3. The molecule has 1 rings (SSSR count). The molecule has 0 bridgehead atoms. The minimum Gasteiger partial charge on any atom is -0.481 e. The number of pyridine rings is 1. The van der Waals surface area contributed by atoms with Crippen molar-refractivity contribution in [2.24, 2.45) is 0 Å². The lowest BCUT2D eigenvalue weighted by Gasteiger charge is -1.94. The number of aryl methyl sites for hydroxylation is 1. The molecule has 0 aliphatic carbocycles. The summed E-state index contributed by atoms with van der Waals surface area (Å²) in [5.41, 5.74) is 0.968. The van der Waals surface area contributed by atoms with Crippen molar-refractivity contribution in [1.82, 2.24) is 4.98 Å². The molecule has 1 aromatic rings. The molecule has 0 spiro atoms. The second kappa shape index (κ2) is 10.8. The van der Waals surface area contributed by atoms with Gasteiger partial charge in [-0.1, -0.05) is 6.07 Å². The zero-order valence-corrected chi connectivity index (χ0v) is 12.0. The maximum Gasteiger partial charge on any atom is 0.490 e. The van der Waals surface area contributed by atoms with Crippen LogP contribution < -0.4 is 0 Å². The number of aromatic nitrogens is 1. The molecule has 0 saturated carbocycles. The van der Waals surface area contributed by atoms with Gasteiger partial charge in [-0.3, -0.25) is 9.78 Å². The average Bonchev–Trinajstić information content (AvgIpc) is 2.45. The molecule has 0 fully saturated rings. The van der Waals surface area contributed by atoms with Crippen LogP contribution in [0, 0.1) is 0 Å². The molecule has 0 aromatic carbocycles. The smallest absolute Gasteiger partial charge is 0.481 e. The Bertz CT molecular complexity index is 533. The summed E-state index contributed by atoms with van der Waals surface area (Å²) in [5, 5.41) is 22.6. The highest BCUT2D eigenvalue weighted by Crippen LogP contribution is 2.13. The topological polar surface area (TPSA) is 125 Å². The van der Waals surface area contributed by atoms with Gasteiger partial charge >= 0.3 is 30.3 Å². The van der Waals surface area contributed by atoms with Crippen molar-refractivity contribution in [2.45, 2.75) is 25.2 Å². The third kappa shape index (κ3) is 15.8. The molecule has 0 aliphatic heterocycles. The number of aliphatic carboxylic acids is 3. The van der Waals surface area contributed by atoms with E-state index in [1.807, 2.05) is 6.07 Å². The quantitative estimate of drug-likeness (QED) is 0.689. The van der Waals surface area contributed by atoms with E-state index in [2.05, 4.69) is 4.98 Å². The van der Waals surface area contributed by atoms with Crippen molar-refractivity contribution in [1.29, 1.82) is 0 Å². The monoisotopic (exact) mass is 379 g/mol. The summed E-state index contributed by atoms with van der Waals surface area (Å²) >= 11 is 0. The first kappa shape index (κ1) is 24.4. The van der Waals surface area contributed by atoms with Crippen LogP contribution in [0.5, 0.6) is 0 Å². The van der Waals surface area contributed by atoms with Crippen LogP contribution in [0.1, 0.15) is 12.0 Å². The van der Waals surface area contributed by atoms with Crippen LogP contribution in [0.2, 0.25) is 0 Å². The first-order chi connectivity index (χ1) is 11.2. The molecule has 1 heterocycles. The van der Waals surface area contributed by atoms with Gasteiger partial charge in [-0.2, -0.15) is 26.3 Å². The number of nitrogens with zero attached hydrogens (tertiary/aromatic N) is 1. The molecule has 0 unspecified atom stereocenters. The molecular formula is C12H11F6NO6. The fourth-order valence-electron chi connectivity index (χ4n) is 0.797.